The lowest BCUT2D eigenvalue weighted by atomic mass is 10.3. The zero-order valence-corrected chi connectivity index (χ0v) is 10.8. The van der Waals surface area contributed by atoms with E-state index in [1.807, 2.05) is 13.8 Å². The van der Waals surface area contributed by atoms with Crippen molar-refractivity contribution in [1.82, 2.24) is 0 Å². The number of hydrogen-bond acceptors (Lipinski definition) is 6. The normalized spacial score (nSPS) is 10.2. The lowest BCUT2D eigenvalue weighted by Gasteiger charge is -1.99. The highest BCUT2D eigenvalue weighted by molar-refractivity contribution is 7.90. The zero-order valence-electron chi connectivity index (χ0n) is 9.98. The smallest absolute Gasteiger partial charge is 0.258 e. The Balaban J connectivity index is 0.00000137. The summed E-state index contributed by atoms with van der Waals surface area (Å²) in [5, 5.41) is 20.9. The van der Waals surface area contributed by atoms with Crippen LogP contribution in [0.25, 0.3) is 0 Å². The second kappa shape index (κ2) is 6.05. The Morgan fingerprint density at radius 1 is 1.06 bits per heavy atom. The van der Waals surface area contributed by atoms with Crippen molar-refractivity contribution < 1.29 is 18.3 Å². The number of nitro benzene ring substituents is 2. The van der Waals surface area contributed by atoms with Gasteiger partial charge in [-0.3, -0.25) is 20.2 Å². The summed E-state index contributed by atoms with van der Waals surface area (Å²) >= 11 is 0. The maximum Gasteiger partial charge on any atom is 0.294 e. The van der Waals surface area contributed by atoms with E-state index in [1.54, 1.807) is 0 Å². The van der Waals surface area contributed by atoms with Crippen LogP contribution in [-0.4, -0.2) is 24.5 Å². The van der Waals surface area contributed by atoms with E-state index in [4.69, 9.17) is 0 Å². The van der Waals surface area contributed by atoms with Crippen molar-refractivity contribution in [3.05, 3.63) is 38.4 Å². The van der Waals surface area contributed by atoms with E-state index < -0.39 is 36.0 Å². The highest BCUT2D eigenvalue weighted by atomic mass is 32.2. The van der Waals surface area contributed by atoms with Gasteiger partial charge >= 0.3 is 0 Å². The van der Waals surface area contributed by atoms with Gasteiger partial charge in [0.25, 0.3) is 11.4 Å². The Labute approximate surface area is 103 Å². The molecule has 8 nitrogen and oxygen atoms in total. The van der Waals surface area contributed by atoms with E-state index in [2.05, 4.69) is 0 Å². The lowest BCUT2D eigenvalue weighted by Crippen LogP contribution is -2.03. The van der Waals surface area contributed by atoms with Crippen molar-refractivity contribution in [2.24, 2.45) is 0 Å². The van der Waals surface area contributed by atoms with Gasteiger partial charge in [0.2, 0.25) is 0 Å². The molecule has 100 valence electrons. The molecule has 1 aromatic rings. The lowest BCUT2D eigenvalue weighted by molar-refractivity contribution is -0.396. The summed E-state index contributed by atoms with van der Waals surface area (Å²) in [5.74, 6) is 0. The van der Waals surface area contributed by atoms with Crippen LogP contribution in [0.4, 0.5) is 11.4 Å². The average Bonchev–Trinajstić information content (AvgIpc) is 2.29. The molecule has 1 aromatic carbocycles. The number of sulfone groups is 1. The maximum atomic E-state index is 11.2. The van der Waals surface area contributed by atoms with Crippen molar-refractivity contribution in [3.8, 4) is 0 Å². The third-order valence-corrected chi connectivity index (χ3v) is 2.89. The molecule has 0 saturated carbocycles. The quantitative estimate of drug-likeness (QED) is 0.614. The average molecular weight is 276 g/mol. The first-order valence-electron chi connectivity index (χ1n) is 4.86. The Morgan fingerprint density at radius 3 is 1.89 bits per heavy atom. The molecule has 0 aromatic heterocycles. The molecule has 0 aliphatic rings. The molecular formula is C9H12N2O6S. The minimum Gasteiger partial charge on any atom is -0.258 e. The van der Waals surface area contributed by atoms with Gasteiger partial charge in [0.05, 0.1) is 15.9 Å². The largest absolute Gasteiger partial charge is 0.294 e. The Morgan fingerprint density at radius 2 is 1.56 bits per heavy atom. The number of non-ortho nitro benzene ring substituents is 1. The van der Waals surface area contributed by atoms with Crippen LogP contribution in [-0.2, 0) is 9.84 Å². The van der Waals surface area contributed by atoms with Crippen molar-refractivity contribution >= 4 is 21.2 Å². The summed E-state index contributed by atoms with van der Waals surface area (Å²) in [6.45, 7) is 4.00. The summed E-state index contributed by atoms with van der Waals surface area (Å²) in [6, 6.07) is 2.38. The third kappa shape index (κ3) is 3.77. The second-order valence-corrected chi connectivity index (χ2v) is 4.92. The maximum absolute atomic E-state index is 11.2. The van der Waals surface area contributed by atoms with Gasteiger partial charge in [0, 0.05) is 12.3 Å². The molecule has 1 rings (SSSR count). The van der Waals surface area contributed by atoms with Crippen LogP contribution in [0.1, 0.15) is 13.8 Å². The van der Waals surface area contributed by atoms with Crippen molar-refractivity contribution in [3.63, 3.8) is 0 Å². The molecule has 0 aliphatic carbocycles. The van der Waals surface area contributed by atoms with Gasteiger partial charge in [0.15, 0.2) is 9.84 Å². The third-order valence-electron chi connectivity index (χ3n) is 1.75. The molecule has 0 aliphatic heterocycles. The standard InChI is InChI=1S/C7H6N2O6S.C2H6/c1-16(14,15)7-3-2-5(8(10)11)4-6(7)9(12)13;1-2/h2-4H,1H3;1-2H3. The molecule has 0 radical (unpaired) electrons. The fourth-order valence-electron chi connectivity index (χ4n) is 1.08. The van der Waals surface area contributed by atoms with Crippen molar-refractivity contribution in [2.75, 3.05) is 6.26 Å². The predicted octanol–water partition coefficient (Wildman–Crippen LogP) is 1.93. The topological polar surface area (TPSA) is 120 Å². The predicted molar refractivity (Wildman–Crippen MR) is 64.2 cm³/mol. The first-order valence-corrected chi connectivity index (χ1v) is 6.75. The highest BCUT2D eigenvalue weighted by Crippen LogP contribution is 2.27. The second-order valence-electron chi connectivity index (χ2n) is 2.94. The van der Waals surface area contributed by atoms with Gasteiger partial charge in [-0.2, -0.15) is 0 Å². The number of hydrogen-bond donors (Lipinski definition) is 0. The summed E-state index contributed by atoms with van der Waals surface area (Å²) in [6.07, 6.45) is 0.793. The first kappa shape index (κ1) is 16.0. The van der Waals surface area contributed by atoms with E-state index in [9.17, 15) is 28.6 Å². The van der Waals surface area contributed by atoms with Gasteiger partial charge in [-0.05, 0) is 6.07 Å². The number of nitro groups is 2. The van der Waals surface area contributed by atoms with Gasteiger partial charge in [-0.15, -0.1) is 0 Å². The van der Waals surface area contributed by atoms with Gasteiger partial charge in [-0.25, -0.2) is 8.42 Å². The molecule has 0 bridgehead atoms. The molecule has 0 spiro atoms. The number of benzene rings is 1. The molecule has 18 heavy (non-hydrogen) atoms. The van der Waals surface area contributed by atoms with Crippen LogP contribution < -0.4 is 0 Å². The van der Waals surface area contributed by atoms with Gasteiger partial charge in [-0.1, -0.05) is 13.8 Å². The van der Waals surface area contributed by atoms with Crippen LogP contribution in [0.5, 0.6) is 0 Å². The van der Waals surface area contributed by atoms with Crippen molar-refractivity contribution in [1.29, 1.82) is 0 Å². The molecule has 0 saturated heterocycles. The SMILES string of the molecule is CC.CS(=O)(=O)c1ccc([N+](=O)[O-])cc1[N+](=O)[O-]. The summed E-state index contributed by atoms with van der Waals surface area (Å²) in [4.78, 5) is 18.6. The summed E-state index contributed by atoms with van der Waals surface area (Å²) in [7, 11) is -3.79. The molecule has 0 unspecified atom stereocenters. The fraction of sp³-hybridized carbons (Fsp3) is 0.333. The fourth-order valence-corrected chi connectivity index (χ4v) is 1.90. The van der Waals surface area contributed by atoms with E-state index in [-0.39, 0.29) is 0 Å². The number of nitrogens with zero attached hydrogens (tertiary/aromatic N) is 2. The molecule has 9 heteroatoms. The molecule has 0 amide bonds. The van der Waals surface area contributed by atoms with Crippen LogP contribution >= 0.6 is 0 Å². The van der Waals surface area contributed by atoms with Gasteiger partial charge < -0.3 is 0 Å². The Bertz CT molecular complexity index is 566. The van der Waals surface area contributed by atoms with E-state index in [1.165, 1.54) is 0 Å². The van der Waals surface area contributed by atoms with E-state index in [0.29, 0.717) is 6.07 Å². The van der Waals surface area contributed by atoms with Gasteiger partial charge in [0.1, 0.15) is 4.90 Å². The highest BCUT2D eigenvalue weighted by Gasteiger charge is 2.25. The Kier molecular flexibility index (Phi) is 5.37. The Hall–Kier alpha value is -2.03. The van der Waals surface area contributed by atoms with Crippen LogP contribution in [0, 0.1) is 20.2 Å². The van der Waals surface area contributed by atoms with Crippen LogP contribution in [0.3, 0.4) is 0 Å². The zero-order chi connectivity index (χ0) is 14.5. The molecule has 0 N–H and O–H groups in total. The molecule has 0 heterocycles. The van der Waals surface area contributed by atoms with Crippen LogP contribution in [0.15, 0.2) is 23.1 Å². The molecular weight excluding hydrogens is 264 g/mol. The van der Waals surface area contributed by atoms with E-state index in [0.717, 1.165) is 18.4 Å². The van der Waals surface area contributed by atoms with Crippen molar-refractivity contribution in [2.45, 2.75) is 18.7 Å². The summed E-state index contributed by atoms with van der Waals surface area (Å²) < 4.78 is 22.3. The molecule has 0 atom stereocenters. The minimum absolute atomic E-state index is 0.529. The summed E-state index contributed by atoms with van der Waals surface area (Å²) in [5.41, 5.74) is -1.32. The molecule has 0 fully saturated rings. The number of rotatable bonds is 3. The van der Waals surface area contributed by atoms with Crippen LogP contribution in [0.2, 0.25) is 0 Å². The first-order chi connectivity index (χ1) is 8.23. The van der Waals surface area contributed by atoms with E-state index >= 15 is 0 Å². The minimum atomic E-state index is -3.79. The monoisotopic (exact) mass is 276 g/mol.